The van der Waals surface area contributed by atoms with Gasteiger partial charge in [-0.1, -0.05) is 35.7 Å². The molecular weight excluding hydrogens is 248 g/mol. The molecule has 3 N–H and O–H groups in total. The number of hydrogen-bond donors (Lipinski definition) is 2. The van der Waals surface area contributed by atoms with Gasteiger partial charge in [0.2, 0.25) is 5.91 Å². The third-order valence-corrected chi connectivity index (χ3v) is 4.08. The molecule has 20 heavy (non-hydrogen) atoms. The van der Waals surface area contributed by atoms with Crippen LogP contribution in [-0.2, 0) is 11.2 Å². The van der Waals surface area contributed by atoms with E-state index in [0.717, 1.165) is 32.1 Å². The van der Waals surface area contributed by atoms with Gasteiger partial charge >= 0.3 is 0 Å². The summed E-state index contributed by atoms with van der Waals surface area (Å²) in [5.74, 6) is 0.308. The van der Waals surface area contributed by atoms with Gasteiger partial charge in [0.15, 0.2) is 0 Å². The van der Waals surface area contributed by atoms with Gasteiger partial charge < -0.3 is 11.1 Å². The monoisotopic (exact) mass is 274 g/mol. The molecule has 1 aromatic carbocycles. The summed E-state index contributed by atoms with van der Waals surface area (Å²) in [6.45, 7) is 4.93. The molecule has 1 aliphatic rings. The van der Waals surface area contributed by atoms with Crippen LogP contribution in [-0.4, -0.2) is 18.5 Å². The fourth-order valence-electron chi connectivity index (χ4n) is 3.15. The Labute approximate surface area is 121 Å². The summed E-state index contributed by atoms with van der Waals surface area (Å²) in [5, 5.41) is 3.07. The van der Waals surface area contributed by atoms with Crippen molar-refractivity contribution in [3.63, 3.8) is 0 Å². The summed E-state index contributed by atoms with van der Waals surface area (Å²) in [5.41, 5.74) is 9.79. The lowest BCUT2D eigenvalue weighted by Crippen LogP contribution is -2.38. The lowest BCUT2D eigenvalue weighted by Gasteiger charge is -2.25. The maximum Gasteiger partial charge on any atom is 0.223 e. The quantitative estimate of drug-likeness (QED) is 0.886. The fraction of sp³-hybridized carbons (Fsp3) is 0.588. The van der Waals surface area contributed by atoms with Gasteiger partial charge in [-0.15, -0.1) is 0 Å². The second kappa shape index (κ2) is 6.89. The molecule has 3 heteroatoms. The molecule has 1 fully saturated rings. The molecule has 1 aliphatic carbocycles. The molecular formula is C17H26N2O. The second-order valence-electron chi connectivity index (χ2n) is 6.16. The Bertz CT molecular complexity index is 450. The number of amides is 1. The molecule has 2 unspecified atom stereocenters. The fourth-order valence-corrected chi connectivity index (χ4v) is 3.15. The molecule has 0 aromatic heterocycles. The first-order chi connectivity index (χ1) is 9.54. The van der Waals surface area contributed by atoms with Crippen LogP contribution < -0.4 is 11.1 Å². The van der Waals surface area contributed by atoms with Crippen molar-refractivity contribution < 1.29 is 4.79 Å². The van der Waals surface area contributed by atoms with Crippen LogP contribution in [0.5, 0.6) is 0 Å². The highest BCUT2D eigenvalue weighted by Crippen LogP contribution is 2.23. The van der Waals surface area contributed by atoms with Crippen molar-refractivity contribution in [1.82, 2.24) is 5.32 Å². The van der Waals surface area contributed by atoms with Gasteiger partial charge in [-0.3, -0.25) is 4.79 Å². The Balaban J connectivity index is 1.78. The molecule has 110 valence electrons. The zero-order valence-electron chi connectivity index (χ0n) is 12.6. The number of nitrogens with one attached hydrogen (secondary N) is 1. The van der Waals surface area contributed by atoms with E-state index in [0.29, 0.717) is 6.54 Å². The Kier molecular flexibility index (Phi) is 5.18. The number of hydrogen-bond acceptors (Lipinski definition) is 2. The summed E-state index contributed by atoms with van der Waals surface area (Å²) < 4.78 is 0. The van der Waals surface area contributed by atoms with Crippen molar-refractivity contribution >= 4 is 5.91 Å². The molecule has 0 aliphatic heterocycles. The summed E-state index contributed by atoms with van der Waals surface area (Å²) in [4.78, 5) is 12.1. The summed E-state index contributed by atoms with van der Waals surface area (Å²) in [7, 11) is 0. The third kappa shape index (κ3) is 4.34. The molecule has 1 aromatic rings. The van der Waals surface area contributed by atoms with Gasteiger partial charge in [0.05, 0.1) is 0 Å². The zero-order valence-corrected chi connectivity index (χ0v) is 12.6. The van der Waals surface area contributed by atoms with Gasteiger partial charge in [0.25, 0.3) is 0 Å². The molecule has 0 saturated heterocycles. The van der Waals surface area contributed by atoms with E-state index in [1.807, 2.05) is 0 Å². The third-order valence-electron chi connectivity index (χ3n) is 4.08. The highest BCUT2D eigenvalue weighted by atomic mass is 16.1. The smallest absolute Gasteiger partial charge is 0.223 e. The molecule has 2 rings (SSSR count). The number of aryl methyl sites for hydroxylation is 2. The van der Waals surface area contributed by atoms with Gasteiger partial charge in [-0.25, -0.2) is 0 Å². The number of rotatable bonds is 4. The maximum atomic E-state index is 12.1. The van der Waals surface area contributed by atoms with Crippen molar-refractivity contribution in [2.24, 2.45) is 11.7 Å². The van der Waals surface area contributed by atoms with E-state index in [4.69, 9.17) is 5.73 Å². The van der Waals surface area contributed by atoms with Crippen LogP contribution in [0.4, 0.5) is 0 Å². The average molecular weight is 274 g/mol. The molecule has 1 saturated carbocycles. The lowest BCUT2D eigenvalue weighted by atomic mass is 9.85. The second-order valence-corrected chi connectivity index (χ2v) is 6.16. The SMILES string of the molecule is Cc1cc(C)cc(CCNC(=O)C2CCCC(N)C2)c1. The van der Waals surface area contributed by atoms with E-state index < -0.39 is 0 Å². The minimum atomic E-state index is 0.123. The van der Waals surface area contributed by atoms with Crippen LogP contribution in [0.15, 0.2) is 18.2 Å². The van der Waals surface area contributed by atoms with E-state index in [9.17, 15) is 4.79 Å². The zero-order chi connectivity index (χ0) is 14.5. The van der Waals surface area contributed by atoms with Crippen LogP contribution in [0, 0.1) is 19.8 Å². The van der Waals surface area contributed by atoms with E-state index in [2.05, 4.69) is 37.4 Å². The van der Waals surface area contributed by atoms with E-state index in [1.165, 1.54) is 16.7 Å². The molecule has 0 heterocycles. The van der Waals surface area contributed by atoms with Crippen molar-refractivity contribution in [3.05, 3.63) is 34.9 Å². The Morgan fingerprint density at radius 2 is 1.95 bits per heavy atom. The van der Waals surface area contributed by atoms with Crippen molar-refractivity contribution in [2.75, 3.05) is 6.54 Å². The highest BCUT2D eigenvalue weighted by Gasteiger charge is 2.24. The number of benzene rings is 1. The van der Waals surface area contributed by atoms with Crippen molar-refractivity contribution in [2.45, 2.75) is 52.0 Å². The van der Waals surface area contributed by atoms with Crippen molar-refractivity contribution in [3.8, 4) is 0 Å². The summed E-state index contributed by atoms with van der Waals surface area (Å²) in [6, 6.07) is 6.76. The maximum absolute atomic E-state index is 12.1. The minimum absolute atomic E-state index is 0.123. The first kappa shape index (κ1) is 15.0. The molecule has 1 amide bonds. The molecule has 3 nitrogen and oxygen atoms in total. The Hall–Kier alpha value is -1.35. The lowest BCUT2D eigenvalue weighted by molar-refractivity contribution is -0.126. The highest BCUT2D eigenvalue weighted by molar-refractivity contribution is 5.78. The number of carbonyl (C=O) groups excluding carboxylic acids is 1. The van der Waals surface area contributed by atoms with E-state index >= 15 is 0 Å². The van der Waals surface area contributed by atoms with Gasteiger partial charge in [0.1, 0.15) is 0 Å². The molecule has 0 spiro atoms. The molecule has 0 radical (unpaired) electrons. The van der Waals surface area contributed by atoms with Gasteiger partial charge in [-0.2, -0.15) is 0 Å². The number of carbonyl (C=O) groups is 1. The first-order valence-electron chi connectivity index (χ1n) is 7.65. The van der Waals surface area contributed by atoms with Crippen molar-refractivity contribution in [1.29, 1.82) is 0 Å². The predicted molar refractivity (Wildman–Crippen MR) is 82.6 cm³/mol. The Morgan fingerprint density at radius 3 is 2.60 bits per heavy atom. The first-order valence-corrected chi connectivity index (χ1v) is 7.65. The standard InChI is InChI=1S/C17H26N2O/c1-12-8-13(2)10-14(9-12)6-7-19-17(20)15-4-3-5-16(18)11-15/h8-10,15-16H,3-7,11,18H2,1-2H3,(H,19,20). The molecule has 0 bridgehead atoms. The largest absolute Gasteiger partial charge is 0.356 e. The van der Waals surface area contributed by atoms with Crippen LogP contribution in [0.2, 0.25) is 0 Å². The normalized spacial score (nSPS) is 22.6. The average Bonchev–Trinajstić information content (AvgIpc) is 2.37. The summed E-state index contributed by atoms with van der Waals surface area (Å²) in [6.07, 6.45) is 4.87. The number of nitrogens with two attached hydrogens (primary N) is 1. The van der Waals surface area contributed by atoms with Crippen LogP contribution in [0.3, 0.4) is 0 Å². The minimum Gasteiger partial charge on any atom is -0.356 e. The van der Waals surface area contributed by atoms with Gasteiger partial charge in [-0.05, 0) is 45.1 Å². The van der Waals surface area contributed by atoms with Crippen LogP contribution in [0.1, 0.15) is 42.4 Å². The van der Waals surface area contributed by atoms with Crippen LogP contribution in [0.25, 0.3) is 0 Å². The molecule has 2 atom stereocenters. The van der Waals surface area contributed by atoms with E-state index in [1.54, 1.807) is 0 Å². The predicted octanol–water partition coefficient (Wildman–Crippen LogP) is 2.48. The van der Waals surface area contributed by atoms with Gasteiger partial charge in [0, 0.05) is 18.5 Å². The topological polar surface area (TPSA) is 55.1 Å². The summed E-state index contributed by atoms with van der Waals surface area (Å²) >= 11 is 0. The van der Waals surface area contributed by atoms with Crippen LogP contribution >= 0.6 is 0 Å². The Morgan fingerprint density at radius 1 is 1.25 bits per heavy atom. The van der Waals surface area contributed by atoms with E-state index in [-0.39, 0.29) is 17.9 Å².